The highest BCUT2D eigenvalue weighted by molar-refractivity contribution is 5.76. The Morgan fingerprint density at radius 2 is 2.32 bits per heavy atom. The molecule has 1 atom stereocenters. The van der Waals surface area contributed by atoms with Crippen LogP contribution in [0.5, 0.6) is 0 Å². The fraction of sp³-hybridized carbons (Fsp3) is 0.562. The van der Waals surface area contributed by atoms with E-state index in [1.165, 1.54) is 6.07 Å². The topological polar surface area (TPSA) is 53.6 Å². The van der Waals surface area contributed by atoms with Gasteiger partial charge < -0.3 is 20.3 Å². The molecule has 1 aliphatic heterocycles. The lowest BCUT2D eigenvalue weighted by Gasteiger charge is -2.23. The minimum atomic E-state index is -0.215. The zero-order valence-corrected chi connectivity index (χ0v) is 13.2. The van der Waals surface area contributed by atoms with Gasteiger partial charge in [-0.15, -0.1) is 0 Å². The number of halogens is 1. The molecule has 122 valence electrons. The number of carbonyl (C=O) groups excluding carboxylic acids is 1. The van der Waals surface area contributed by atoms with Gasteiger partial charge in [0.25, 0.3) is 0 Å². The van der Waals surface area contributed by atoms with E-state index in [0.717, 1.165) is 12.1 Å². The summed E-state index contributed by atoms with van der Waals surface area (Å²) in [4.78, 5) is 13.8. The fourth-order valence-electron chi connectivity index (χ4n) is 2.45. The number of rotatable bonds is 6. The van der Waals surface area contributed by atoms with Crippen LogP contribution in [0.25, 0.3) is 0 Å². The van der Waals surface area contributed by atoms with Gasteiger partial charge in [-0.05, 0) is 31.8 Å². The zero-order valence-electron chi connectivity index (χ0n) is 13.2. The Morgan fingerprint density at radius 1 is 1.50 bits per heavy atom. The molecule has 1 fully saturated rings. The van der Waals surface area contributed by atoms with Crippen molar-refractivity contribution in [2.45, 2.75) is 25.6 Å². The van der Waals surface area contributed by atoms with Crippen LogP contribution in [-0.2, 0) is 22.6 Å². The molecular weight excluding hydrogens is 285 g/mol. The van der Waals surface area contributed by atoms with Crippen LogP contribution in [0, 0.1) is 5.82 Å². The van der Waals surface area contributed by atoms with Gasteiger partial charge in [-0.3, -0.25) is 4.79 Å². The standard InChI is InChI=1S/C16H24FN3O2/c1-20(2)10-13-7-12(3-4-15(13)17)9-19-16(21)8-14-11-22-6-5-18-14/h3-4,7,14,18H,5-6,8-11H2,1-2H3,(H,19,21). The van der Waals surface area contributed by atoms with Crippen LogP contribution in [0.2, 0.25) is 0 Å². The van der Waals surface area contributed by atoms with E-state index in [9.17, 15) is 9.18 Å². The minimum absolute atomic E-state index is 0.0264. The predicted molar refractivity (Wildman–Crippen MR) is 82.9 cm³/mol. The van der Waals surface area contributed by atoms with Crippen LogP contribution >= 0.6 is 0 Å². The first-order valence-electron chi connectivity index (χ1n) is 7.54. The Hall–Kier alpha value is -1.50. The molecule has 0 bridgehead atoms. The van der Waals surface area contributed by atoms with Crippen molar-refractivity contribution < 1.29 is 13.9 Å². The maximum absolute atomic E-state index is 13.7. The van der Waals surface area contributed by atoms with Crippen LogP contribution in [0.4, 0.5) is 4.39 Å². The van der Waals surface area contributed by atoms with Crippen LogP contribution in [-0.4, -0.2) is 50.7 Å². The Morgan fingerprint density at radius 3 is 3.00 bits per heavy atom. The SMILES string of the molecule is CN(C)Cc1cc(CNC(=O)CC2COCCN2)ccc1F. The van der Waals surface area contributed by atoms with Crippen molar-refractivity contribution in [3.63, 3.8) is 0 Å². The first kappa shape index (κ1) is 16.9. The number of benzene rings is 1. The minimum Gasteiger partial charge on any atom is -0.378 e. The average Bonchev–Trinajstić information content (AvgIpc) is 2.48. The van der Waals surface area contributed by atoms with Crippen molar-refractivity contribution in [1.82, 2.24) is 15.5 Å². The summed E-state index contributed by atoms with van der Waals surface area (Å²) in [5, 5.41) is 6.12. The number of carbonyl (C=O) groups is 1. The molecule has 5 nitrogen and oxygen atoms in total. The van der Waals surface area contributed by atoms with Crippen molar-refractivity contribution in [2.75, 3.05) is 33.9 Å². The quantitative estimate of drug-likeness (QED) is 0.819. The van der Waals surface area contributed by atoms with E-state index in [4.69, 9.17) is 4.74 Å². The van der Waals surface area contributed by atoms with Gasteiger partial charge in [0, 0.05) is 37.7 Å². The molecule has 2 rings (SSSR count). The third-order valence-electron chi connectivity index (χ3n) is 3.52. The molecule has 0 aliphatic carbocycles. The molecule has 6 heteroatoms. The van der Waals surface area contributed by atoms with Gasteiger partial charge in [0.15, 0.2) is 0 Å². The molecule has 1 saturated heterocycles. The van der Waals surface area contributed by atoms with Gasteiger partial charge in [-0.1, -0.05) is 6.07 Å². The fourth-order valence-corrected chi connectivity index (χ4v) is 2.45. The molecule has 1 amide bonds. The monoisotopic (exact) mass is 309 g/mol. The summed E-state index contributed by atoms with van der Waals surface area (Å²) in [7, 11) is 3.79. The number of ether oxygens (including phenoxy) is 1. The smallest absolute Gasteiger partial charge is 0.221 e. The molecular formula is C16H24FN3O2. The lowest BCUT2D eigenvalue weighted by molar-refractivity contribution is -0.122. The van der Waals surface area contributed by atoms with Gasteiger partial charge in [0.2, 0.25) is 5.91 Å². The van der Waals surface area contributed by atoms with E-state index in [-0.39, 0.29) is 17.8 Å². The van der Waals surface area contributed by atoms with Gasteiger partial charge in [0.1, 0.15) is 5.82 Å². The van der Waals surface area contributed by atoms with Gasteiger partial charge in [-0.2, -0.15) is 0 Å². The van der Waals surface area contributed by atoms with Crippen LogP contribution in [0.1, 0.15) is 17.5 Å². The van der Waals surface area contributed by atoms with Crippen molar-refractivity contribution in [1.29, 1.82) is 0 Å². The number of nitrogens with one attached hydrogen (secondary N) is 2. The Bertz CT molecular complexity index is 502. The van der Waals surface area contributed by atoms with Crippen molar-refractivity contribution >= 4 is 5.91 Å². The first-order valence-corrected chi connectivity index (χ1v) is 7.54. The second kappa shape index (κ2) is 8.22. The number of amides is 1. The van der Waals surface area contributed by atoms with E-state index >= 15 is 0 Å². The predicted octanol–water partition coefficient (Wildman–Crippen LogP) is 0.882. The normalized spacial score (nSPS) is 18.5. The van der Waals surface area contributed by atoms with E-state index in [1.807, 2.05) is 19.0 Å². The molecule has 1 aromatic rings. The maximum atomic E-state index is 13.7. The van der Waals surface area contributed by atoms with Crippen molar-refractivity contribution in [3.8, 4) is 0 Å². The summed E-state index contributed by atoms with van der Waals surface area (Å²) in [6.45, 7) is 2.99. The Balaban J connectivity index is 1.83. The first-order chi connectivity index (χ1) is 10.5. The second-order valence-electron chi connectivity index (χ2n) is 5.87. The average molecular weight is 309 g/mol. The molecule has 22 heavy (non-hydrogen) atoms. The Kier molecular flexibility index (Phi) is 6.30. The molecule has 0 radical (unpaired) electrons. The van der Waals surface area contributed by atoms with Gasteiger partial charge >= 0.3 is 0 Å². The van der Waals surface area contributed by atoms with Gasteiger partial charge in [-0.25, -0.2) is 4.39 Å². The van der Waals surface area contributed by atoms with Crippen molar-refractivity contribution in [2.24, 2.45) is 0 Å². The molecule has 0 spiro atoms. The molecule has 0 saturated carbocycles. The maximum Gasteiger partial charge on any atom is 0.221 e. The highest BCUT2D eigenvalue weighted by Crippen LogP contribution is 2.12. The molecule has 1 heterocycles. The lowest BCUT2D eigenvalue weighted by atomic mass is 10.1. The third kappa shape index (κ3) is 5.36. The molecule has 2 N–H and O–H groups in total. The Labute approximate surface area is 130 Å². The second-order valence-corrected chi connectivity index (χ2v) is 5.87. The number of morpholine rings is 1. The lowest BCUT2D eigenvalue weighted by Crippen LogP contribution is -2.44. The zero-order chi connectivity index (χ0) is 15.9. The van der Waals surface area contributed by atoms with Crippen molar-refractivity contribution in [3.05, 3.63) is 35.1 Å². The van der Waals surface area contributed by atoms with E-state index in [1.54, 1.807) is 12.1 Å². The highest BCUT2D eigenvalue weighted by Gasteiger charge is 2.16. The number of hydrogen-bond donors (Lipinski definition) is 2. The van der Waals surface area contributed by atoms with E-state index in [0.29, 0.717) is 38.3 Å². The van der Waals surface area contributed by atoms with Crippen LogP contribution in [0.3, 0.4) is 0 Å². The number of hydrogen-bond acceptors (Lipinski definition) is 4. The summed E-state index contributed by atoms with van der Waals surface area (Å²) in [5.74, 6) is -0.242. The van der Waals surface area contributed by atoms with Crippen LogP contribution < -0.4 is 10.6 Å². The van der Waals surface area contributed by atoms with E-state index in [2.05, 4.69) is 10.6 Å². The summed E-state index contributed by atoms with van der Waals surface area (Å²) < 4.78 is 19.0. The number of nitrogens with zero attached hydrogens (tertiary/aromatic N) is 1. The highest BCUT2D eigenvalue weighted by atomic mass is 19.1. The molecule has 1 aliphatic rings. The van der Waals surface area contributed by atoms with Crippen LogP contribution in [0.15, 0.2) is 18.2 Å². The summed E-state index contributed by atoms with van der Waals surface area (Å²) in [6, 6.07) is 5.04. The summed E-state index contributed by atoms with van der Waals surface area (Å²) in [5.41, 5.74) is 1.54. The molecule has 1 aromatic carbocycles. The summed E-state index contributed by atoms with van der Waals surface area (Å²) >= 11 is 0. The largest absolute Gasteiger partial charge is 0.378 e. The summed E-state index contributed by atoms with van der Waals surface area (Å²) in [6.07, 6.45) is 0.395. The van der Waals surface area contributed by atoms with E-state index < -0.39 is 0 Å². The molecule has 1 unspecified atom stereocenters. The van der Waals surface area contributed by atoms with Gasteiger partial charge in [0.05, 0.1) is 13.2 Å². The third-order valence-corrected chi connectivity index (χ3v) is 3.52. The molecule has 0 aromatic heterocycles.